The van der Waals surface area contributed by atoms with Crippen molar-refractivity contribution in [2.75, 3.05) is 0 Å². The zero-order chi connectivity index (χ0) is 42.1. The van der Waals surface area contributed by atoms with Gasteiger partial charge in [-0.25, -0.2) is 33.3 Å². The Morgan fingerprint density at radius 1 is 0.683 bits per heavy atom. The summed E-state index contributed by atoms with van der Waals surface area (Å²) in [6.45, 7) is 0.112. The van der Waals surface area contributed by atoms with E-state index in [4.69, 9.17) is 10.6 Å². The van der Waals surface area contributed by atoms with E-state index in [1.165, 1.54) is 6.07 Å². The van der Waals surface area contributed by atoms with Crippen molar-refractivity contribution in [2.45, 2.75) is 43.7 Å². The van der Waals surface area contributed by atoms with Gasteiger partial charge in [-0.05, 0) is 27.8 Å². The van der Waals surface area contributed by atoms with Gasteiger partial charge in [-0.15, -0.1) is 0 Å². The van der Waals surface area contributed by atoms with Crippen LogP contribution in [-0.2, 0) is 24.3 Å². The highest BCUT2D eigenvalue weighted by molar-refractivity contribution is 5.99. The molecule has 17 nitrogen and oxygen atoms in total. The Kier molecular flexibility index (Phi) is 10.8. The normalized spacial score (nSPS) is 17.7. The number of rotatable bonds is 9. The Morgan fingerprint density at radius 2 is 1.15 bits per heavy atom. The van der Waals surface area contributed by atoms with E-state index in [0.29, 0.717) is 12.8 Å². The van der Waals surface area contributed by atoms with Crippen LogP contribution in [0, 0.1) is 11.6 Å². The molecule has 19 heteroatoms. The Hall–Kier alpha value is -7.48. The Balaban J connectivity index is 0.000000172. The third-order valence-corrected chi connectivity index (χ3v) is 10.0. The van der Waals surface area contributed by atoms with Crippen LogP contribution in [0.1, 0.15) is 81.9 Å². The Labute approximate surface area is 337 Å². The summed E-state index contributed by atoms with van der Waals surface area (Å²) in [5.74, 6) is -4.50. The molecule has 7 N–H and O–H groups in total. The van der Waals surface area contributed by atoms with Crippen molar-refractivity contribution in [1.29, 1.82) is 0 Å². The molecule has 2 aliphatic rings. The summed E-state index contributed by atoms with van der Waals surface area (Å²) >= 11 is 0. The number of nitrogens with two attached hydrogens (primary N) is 1. The molecule has 4 atom stereocenters. The number of halogens is 2. The summed E-state index contributed by atoms with van der Waals surface area (Å²) in [5, 5.41) is 33.6. The molecule has 60 heavy (non-hydrogen) atoms. The maximum absolute atomic E-state index is 14.3. The first-order chi connectivity index (χ1) is 29.0. The molecule has 4 amide bonds. The number of hydrogen-bond donors (Lipinski definition) is 6. The molecule has 304 valence electrons. The molecule has 0 spiro atoms. The van der Waals surface area contributed by atoms with Crippen LogP contribution in [0.5, 0.6) is 0 Å². The summed E-state index contributed by atoms with van der Waals surface area (Å²) in [5.41, 5.74) is 10.6. The predicted octanol–water partition coefficient (Wildman–Crippen LogP) is 2.47. The molecule has 7 aromatic rings. The van der Waals surface area contributed by atoms with Gasteiger partial charge in [0.2, 0.25) is 0 Å². The minimum Gasteiger partial charge on any atom is -0.390 e. The van der Waals surface area contributed by atoms with Crippen molar-refractivity contribution in [3.8, 4) is 0 Å². The maximum Gasteiger partial charge on any atom is 0.293 e. The van der Waals surface area contributed by atoms with Crippen molar-refractivity contribution in [1.82, 2.24) is 45.3 Å². The number of nitrogens with zero attached hydrogens (tertiary/aromatic N) is 6. The van der Waals surface area contributed by atoms with Gasteiger partial charge in [0.05, 0.1) is 43.3 Å². The number of aliphatic hydroxyl groups is 2. The summed E-state index contributed by atoms with van der Waals surface area (Å²) in [6, 6.07) is 25.0. The highest BCUT2D eigenvalue weighted by Crippen LogP contribution is 2.32. The zero-order valence-electron chi connectivity index (χ0n) is 31.2. The van der Waals surface area contributed by atoms with Gasteiger partial charge in [-0.1, -0.05) is 78.9 Å². The van der Waals surface area contributed by atoms with Crippen LogP contribution in [0.4, 0.5) is 8.78 Å². The van der Waals surface area contributed by atoms with E-state index < -0.39 is 59.6 Å². The van der Waals surface area contributed by atoms with Crippen molar-refractivity contribution in [3.05, 3.63) is 166 Å². The molecule has 2 aliphatic carbocycles. The van der Waals surface area contributed by atoms with Gasteiger partial charge in [0.15, 0.2) is 22.9 Å². The molecule has 3 aromatic carbocycles. The number of aliphatic hydroxyl groups excluding tert-OH is 2. The van der Waals surface area contributed by atoms with E-state index in [1.807, 2.05) is 78.9 Å². The molecule has 0 saturated carbocycles. The van der Waals surface area contributed by atoms with E-state index in [9.17, 15) is 38.2 Å². The van der Waals surface area contributed by atoms with E-state index in [0.717, 1.165) is 55.3 Å². The third-order valence-electron chi connectivity index (χ3n) is 10.0. The number of hydroxylamine groups is 1. The van der Waals surface area contributed by atoms with Crippen molar-refractivity contribution in [2.24, 2.45) is 5.73 Å². The van der Waals surface area contributed by atoms with Crippen LogP contribution in [0.3, 0.4) is 0 Å². The Bertz CT molecular complexity index is 2800. The molecule has 0 saturated heterocycles. The number of nitrogens with one attached hydrogen (secondary N) is 3. The lowest BCUT2D eigenvalue weighted by Crippen LogP contribution is -2.35. The van der Waals surface area contributed by atoms with Crippen LogP contribution in [0.2, 0.25) is 0 Å². The second-order valence-electron chi connectivity index (χ2n) is 13.9. The summed E-state index contributed by atoms with van der Waals surface area (Å²) in [7, 11) is 0. The lowest BCUT2D eigenvalue weighted by Gasteiger charge is -2.18. The number of carbonyl (C=O) groups is 4. The second-order valence-corrected chi connectivity index (χ2v) is 13.9. The highest BCUT2D eigenvalue weighted by atomic mass is 19.1. The van der Waals surface area contributed by atoms with Crippen LogP contribution >= 0.6 is 0 Å². The third kappa shape index (κ3) is 7.74. The van der Waals surface area contributed by atoms with Crippen LogP contribution in [0.15, 0.2) is 103 Å². The van der Waals surface area contributed by atoms with Crippen molar-refractivity contribution < 1.29 is 43.0 Å². The molecule has 0 aliphatic heterocycles. The number of amides is 4. The van der Waals surface area contributed by atoms with Crippen LogP contribution < -0.4 is 21.8 Å². The average molecular weight is 817 g/mol. The lowest BCUT2D eigenvalue weighted by molar-refractivity contribution is 0.0227. The first kappa shape index (κ1) is 39.4. The standard InChI is InChI=1S/C24H20FN5O4.C17H14FN5O3/c25-17-12-26-30-19(24(33)29-34-13-14-6-2-1-3-7-14)11-18(27-22(17)30)23(32)28-21-16-9-5-4-8-15(16)10-20(21)31;18-10-7-20-23-12(15(19)25)6-11(21-16(10)23)17(26)22-14-9-4-2-1-3-8(9)5-13(14)24/h1-9,11-12,20-21,31H,10,13H2,(H,28,32)(H,29,33);1-4,6-7,13-14,24H,5H2,(H2,19,25)(H,22,26)/t20-,21+;13-,14+/m11/s1. The van der Waals surface area contributed by atoms with E-state index in [1.54, 1.807) is 0 Å². The van der Waals surface area contributed by atoms with Crippen molar-refractivity contribution >= 4 is 34.9 Å². The molecule has 4 heterocycles. The topological polar surface area (TPSA) is 240 Å². The molecular weight excluding hydrogens is 783 g/mol. The first-order valence-electron chi connectivity index (χ1n) is 18.4. The number of fused-ring (bicyclic) bond motifs is 4. The summed E-state index contributed by atoms with van der Waals surface area (Å²) < 4.78 is 30.0. The smallest absolute Gasteiger partial charge is 0.293 e. The number of carbonyl (C=O) groups excluding carboxylic acids is 4. The van der Waals surface area contributed by atoms with Gasteiger partial charge >= 0.3 is 0 Å². The largest absolute Gasteiger partial charge is 0.390 e. The maximum atomic E-state index is 14.3. The van der Waals surface area contributed by atoms with E-state index >= 15 is 0 Å². The van der Waals surface area contributed by atoms with Gasteiger partial charge in [-0.3, -0.25) is 24.0 Å². The van der Waals surface area contributed by atoms with Gasteiger partial charge in [-0.2, -0.15) is 10.2 Å². The lowest BCUT2D eigenvalue weighted by atomic mass is 10.1. The molecule has 0 bridgehead atoms. The van der Waals surface area contributed by atoms with Gasteiger partial charge < -0.3 is 26.6 Å². The highest BCUT2D eigenvalue weighted by Gasteiger charge is 2.34. The first-order valence-corrected chi connectivity index (χ1v) is 18.4. The zero-order valence-corrected chi connectivity index (χ0v) is 31.2. The fourth-order valence-electron chi connectivity index (χ4n) is 7.18. The quantitative estimate of drug-likeness (QED) is 0.116. The second kappa shape index (κ2) is 16.4. The summed E-state index contributed by atoms with van der Waals surface area (Å²) in [6.07, 6.45) is 0.998. The molecule has 0 radical (unpaired) electrons. The fourth-order valence-corrected chi connectivity index (χ4v) is 7.18. The number of hydrogen-bond acceptors (Lipinski definition) is 11. The molecule has 4 aromatic heterocycles. The van der Waals surface area contributed by atoms with Gasteiger partial charge in [0.25, 0.3) is 23.6 Å². The minimum atomic E-state index is -0.874. The van der Waals surface area contributed by atoms with E-state index in [-0.39, 0.29) is 40.7 Å². The summed E-state index contributed by atoms with van der Waals surface area (Å²) in [4.78, 5) is 63.2. The monoisotopic (exact) mass is 816 g/mol. The number of benzene rings is 3. The predicted molar refractivity (Wildman–Crippen MR) is 206 cm³/mol. The van der Waals surface area contributed by atoms with Gasteiger partial charge in [0.1, 0.15) is 22.8 Å². The van der Waals surface area contributed by atoms with Crippen molar-refractivity contribution in [3.63, 3.8) is 0 Å². The van der Waals surface area contributed by atoms with Gasteiger partial charge in [0, 0.05) is 25.0 Å². The molecule has 0 unspecified atom stereocenters. The van der Waals surface area contributed by atoms with E-state index in [2.05, 4.69) is 36.3 Å². The van der Waals surface area contributed by atoms with Crippen LogP contribution in [-0.4, -0.2) is 75.2 Å². The number of primary amides is 1. The molecule has 9 rings (SSSR count). The minimum absolute atomic E-state index is 0.112. The molecular formula is C41H34F2N10O7. The SMILES string of the molecule is NC(=O)c1cc(C(=O)N[C@H]2c3ccccc3C[C@H]2O)nc2c(F)cnn12.O=C(N[C@H]1c2ccccc2C[C@H]1O)c1cc(C(=O)NOCc2ccccc2)n2ncc(F)c2n1. The Morgan fingerprint density at radius 3 is 1.67 bits per heavy atom. The van der Waals surface area contributed by atoms with Crippen LogP contribution in [0.25, 0.3) is 11.3 Å². The number of aromatic nitrogens is 6. The fraction of sp³-hybridized carbons (Fsp3) is 0.171. The molecule has 0 fully saturated rings. The average Bonchev–Trinajstić information content (AvgIpc) is 4.00.